The summed E-state index contributed by atoms with van der Waals surface area (Å²) in [5, 5.41) is 3.75. The molecular weight excluding hydrogens is 256 g/mol. The molecule has 0 bridgehead atoms. The molecule has 1 N–H and O–H groups in total. The predicted molar refractivity (Wildman–Crippen MR) is 92.0 cm³/mol. The number of aryl methyl sites for hydroxylation is 2. The van der Waals surface area contributed by atoms with Crippen LogP contribution in [0.4, 0.5) is 0 Å². The Morgan fingerprint density at radius 2 is 1.67 bits per heavy atom. The van der Waals surface area contributed by atoms with E-state index in [0.29, 0.717) is 6.04 Å². The van der Waals surface area contributed by atoms with Crippen molar-refractivity contribution in [2.75, 3.05) is 19.6 Å². The van der Waals surface area contributed by atoms with E-state index < -0.39 is 0 Å². The normalized spacial score (nSPS) is 18.1. The molecule has 0 radical (unpaired) electrons. The zero-order valence-electron chi connectivity index (χ0n) is 14.5. The Bertz CT molecular complexity index is 438. The fourth-order valence-corrected chi connectivity index (χ4v) is 3.75. The highest BCUT2D eigenvalue weighted by molar-refractivity contribution is 5.29. The topological polar surface area (TPSA) is 15.3 Å². The molecule has 1 saturated heterocycles. The summed E-state index contributed by atoms with van der Waals surface area (Å²) in [7, 11) is 0. The van der Waals surface area contributed by atoms with Crippen LogP contribution in [-0.4, -0.2) is 36.1 Å². The Morgan fingerprint density at radius 1 is 1.10 bits per heavy atom. The first-order valence-corrected chi connectivity index (χ1v) is 8.49. The first-order valence-electron chi connectivity index (χ1n) is 8.49. The molecule has 0 amide bonds. The lowest BCUT2D eigenvalue weighted by molar-refractivity contribution is 0.107. The van der Waals surface area contributed by atoms with Crippen LogP contribution in [0.25, 0.3) is 0 Å². The van der Waals surface area contributed by atoms with Crippen molar-refractivity contribution in [3.63, 3.8) is 0 Å². The molecule has 0 spiro atoms. The third-order valence-corrected chi connectivity index (χ3v) is 4.95. The van der Waals surface area contributed by atoms with Crippen molar-refractivity contribution in [2.45, 2.75) is 65.5 Å². The maximum atomic E-state index is 3.75. The Hall–Kier alpha value is -0.860. The highest BCUT2D eigenvalue weighted by Gasteiger charge is 2.36. The van der Waals surface area contributed by atoms with E-state index in [-0.39, 0.29) is 5.54 Å². The van der Waals surface area contributed by atoms with E-state index in [2.05, 4.69) is 63.0 Å². The van der Waals surface area contributed by atoms with Crippen molar-refractivity contribution in [1.82, 2.24) is 10.2 Å². The number of nitrogens with one attached hydrogen (secondary N) is 1. The zero-order valence-corrected chi connectivity index (χ0v) is 14.5. The summed E-state index contributed by atoms with van der Waals surface area (Å²) < 4.78 is 0. The lowest BCUT2D eigenvalue weighted by atomic mass is 9.87. The fraction of sp³-hybridized carbons (Fsp3) is 0.684. The third kappa shape index (κ3) is 4.08. The van der Waals surface area contributed by atoms with Crippen LogP contribution in [0.15, 0.2) is 18.2 Å². The Kier molecular flexibility index (Phi) is 5.45. The van der Waals surface area contributed by atoms with Gasteiger partial charge in [0.2, 0.25) is 0 Å². The second-order valence-electron chi connectivity index (χ2n) is 7.16. The van der Waals surface area contributed by atoms with Gasteiger partial charge in [0.05, 0.1) is 0 Å². The number of likely N-dealkylation sites (N-methyl/N-ethyl adjacent to an activating group) is 1. The van der Waals surface area contributed by atoms with E-state index in [1.54, 1.807) is 0 Å². The minimum atomic E-state index is 0.212. The van der Waals surface area contributed by atoms with Crippen LogP contribution in [0.1, 0.15) is 50.3 Å². The van der Waals surface area contributed by atoms with E-state index in [9.17, 15) is 0 Å². The molecule has 0 saturated carbocycles. The molecule has 118 valence electrons. The van der Waals surface area contributed by atoms with E-state index >= 15 is 0 Å². The number of benzene rings is 1. The SMILES string of the molecule is CCNC(Cc1cc(C)cc(C)c1)C(C)(C)N1CCCC1. The lowest BCUT2D eigenvalue weighted by Crippen LogP contribution is -2.57. The van der Waals surface area contributed by atoms with Gasteiger partial charge in [-0.15, -0.1) is 0 Å². The summed E-state index contributed by atoms with van der Waals surface area (Å²) in [6, 6.07) is 7.45. The average Bonchev–Trinajstić information content (AvgIpc) is 2.91. The van der Waals surface area contributed by atoms with Gasteiger partial charge in [-0.2, -0.15) is 0 Å². The first kappa shape index (κ1) is 16.5. The van der Waals surface area contributed by atoms with Crippen LogP contribution in [0.3, 0.4) is 0 Å². The van der Waals surface area contributed by atoms with Gasteiger partial charge in [-0.1, -0.05) is 36.2 Å². The van der Waals surface area contributed by atoms with Crippen LogP contribution in [0.5, 0.6) is 0 Å². The molecule has 0 aliphatic carbocycles. The molecule has 1 atom stereocenters. The summed E-state index contributed by atoms with van der Waals surface area (Å²) in [6.07, 6.45) is 3.82. The second kappa shape index (κ2) is 6.93. The van der Waals surface area contributed by atoms with E-state index in [0.717, 1.165) is 13.0 Å². The zero-order chi connectivity index (χ0) is 15.5. The highest BCUT2D eigenvalue weighted by atomic mass is 15.2. The summed E-state index contributed by atoms with van der Waals surface area (Å²) in [5.41, 5.74) is 4.42. The second-order valence-corrected chi connectivity index (χ2v) is 7.16. The van der Waals surface area contributed by atoms with Gasteiger partial charge in [-0.05, 0) is 72.2 Å². The van der Waals surface area contributed by atoms with Gasteiger partial charge >= 0.3 is 0 Å². The molecule has 1 aliphatic rings. The van der Waals surface area contributed by atoms with Crippen molar-refractivity contribution in [3.05, 3.63) is 34.9 Å². The fourth-order valence-electron chi connectivity index (χ4n) is 3.75. The molecule has 1 aromatic rings. The van der Waals surface area contributed by atoms with Crippen LogP contribution in [-0.2, 0) is 6.42 Å². The summed E-state index contributed by atoms with van der Waals surface area (Å²) in [5.74, 6) is 0. The van der Waals surface area contributed by atoms with Crippen LogP contribution in [0, 0.1) is 13.8 Å². The van der Waals surface area contributed by atoms with Crippen molar-refractivity contribution in [2.24, 2.45) is 0 Å². The molecule has 1 aliphatic heterocycles. The standard InChI is InChI=1S/C19H32N2/c1-6-20-18(19(4,5)21-9-7-8-10-21)14-17-12-15(2)11-16(3)13-17/h11-13,18,20H,6-10,14H2,1-5H3. The summed E-state index contributed by atoms with van der Waals surface area (Å²) in [6.45, 7) is 15.0. The van der Waals surface area contributed by atoms with Crippen molar-refractivity contribution < 1.29 is 0 Å². The molecule has 1 unspecified atom stereocenters. The third-order valence-electron chi connectivity index (χ3n) is 4.95. The van der Waals surface area contributed by atoms with Gasteiger partial charge < -0.3 is 5.32 Å². The van der Waals surface area contributed by atoms with Crippen LogP contribution in [0.2, 0.25) is 0 Å². The molecule has 2 nitrogen and oxygen atoms in total. The Balaban J connectivity index is 2.17. The summed E-state index contributed by atoms with van der Waals surface area (Å²) in [4.78, 5) is 2.67. The van der Waals surface area contributed by atoms with Gasteiger partial charge in [0.15, 0.2) is 0 Å². The molecule has 2 rings (SSSR count). The summed E-state index contributed by atoms with van der Waals surface area (Å²) >= 11 is 0. The Morgan fingerprint density at radius 3 is 2.19 bits per heavy atom. The molecular formula is C19H32N2. The number of nitrogens with zero attached hydrogens (tertiary/aromatic N) is 1. The average molecular weight is 288 g/mol. The number of hydrogen-bond donors (Lipinski definition) is 1. The number of likely N-dealkylation sites (tertiary alicyclic amines) is 1. The monoisotopic (exact) mass is 288 g/mol. The minimum Gasteiger partial charge on any atom is -0.312 e. The molecule has 21 heavy (non-hydrogen) atoms. The van der Waals surface area contributed by atoms with Gasteiger partial charge in [-0.25, -0.2) is 0 Å². The molecule has 0 aromatic heterocycles. The highest BCUT2D eigenvalue weighted by Crippen LogP contribution is 2.26. The van der Waals surface area contributed by atoms with E-state index in [1.165, 1.54) is 42.6 Å². The predicted octanol–water partition coefficient (Wildman–Crippen LogP) is 3.70. The quantitative estimate of drug-likeness (QED) is 0.858. The number of hydrogen-bond acceptors (Lipinski definition) is 2. The van der Waals surface area contributed by atoms with Gasteiger partial charge in [0.1, 0.15) is 0 Å². The van der Waals surface area contributed by atoms with Crippen molar-refractivity contribution in [1.29, 1.82) is 0 Å². The van der Waals surface area contributed by atoms with Crippen molar-refractivity contribution in [3.8, 4) is 0 Å². The van der Waals surface area contributed by atoms with Gasteiger partial charge in [0, 0.05) is 11.6 Å². The first-order chi connectivity index (χ1) is 9.93. The minimum absolute atomic E-state index is 0.212. The molecule has 1 aromatic carbocycles. The molecule has 2 heteroatoms. The van der Waals surface area contributed by atoms with E-state index in [1.807, 2.05) is 0 Å². The molecule has 1 heterocycles. The largest absolute Gasteiger partial charge is 0.312 e. The lowest BCUT2D eigenvalue weighted by Gasteiger charge is -2.43. The Labute approximate surface area is 130 Å². The van der Waals surface area contributed by atoms with Crippen LogP contribution < -0.4 is 5.32 Å². The smallest absolute Gasteiger partial charge is 0.0309 e. The van der Waals surface area contributed by atoms with Gasteiger partial charge in [-0.3, -0.25) is 4.90 Å². The number of rotatable bonds is 6. The maximum Gasteiger partial charge on any atom is 0.0309 e. The maximum absolute atomic E-state index is 3.75. The molecule has 1 fully saturated rings. The van der Waals surface area contributed by atoms with Crippen molar-refractivity contribution >= 4 is 0 Å². The van der Waals surface area contributed by atoms with Gasteiger partial charge in [0.25, 0.3) is 0 Å². The van der Waals surface area contributed by atoms with Crippen LogP contribution >= 0.6 is 0 Å². The van der Waals surface area contributed by atoms with E-state index in [4.69, 9.17) is 0 Å².